The minimum Gasteiger partial charge on any atom is -0.465 e. The van der Waals surface area contributed by atoms with Crippen molar-refractivity contribution < 1.29 is 14.3 Å². The van der Waals surface area contributed by atoms with Crippen molar-refractivity contribution in [1.82, 2.24) is 9.80 Å². The Bertz CT molecular complexity index is 616. The molecule has 0 bridgehead atoms. The van der Waals surface area contributed by atoms with Crippen LogP contribution in [0.2, 0.25) is 0 Å². The van der Waals surface area contributed by atoms with Crippen LogP contribution >= 0.6 is 11.3 Å². The predicted molar refractivity (Wildman–Crippen MR) is 96.2 cm³/mol. The van der Waals surface area contributed by atoms with E-state index in [0.29, 0.717) is 4.88 Å². The molecule has 24 heavy (non-hydrogen) atoms. The summed E-state index contributed by atoms with van der Waals surface area (Å²) in [5, 5.41) is 0. The predicted octanol–water partition coefficient (Wildman–Crippen LogP) is 3.00. The smallest absolute Gasteiger partial charge is 0.348 e. The van der Waals surface area contributed by atoms with E-state index in [1.807, 2.05) is 37.8 Å². The Hall–Kier alpha value is -1.40. The highest BCUT2D eigenvalue weighted by Gasteiger charge is 2.38. The van der Waals surface area contributed by atoms with Crippen molar-refractivity contribution in [1.29, 1.82) is 0 Å². The van der Waals surface area contributed by atoms with Gasteiger partial charge in [0.1, 0.15) is 4.88 Å². The fraction of sp³-hybridized carbons (Fsp3) is 0.667. The first-order valence-corrected chi connectivity index (χ1v) is 9.08. The van der Waals surface area contributed by atoms with Crippen LogP contribution < -0.4 is 0 Å². The molecular formula is C18H28N2O3S. The van der Waals surface area contributed by atoms with Crippen molar-refractivity contribution >= 4 is 23.2 Å². The molecule has 1 aliphatic rings. The fourth-order valence-electron chi connectivity index (χ4n) is 2.99. The van der Waals surface area contributed by atoms with Gasteiger partial charge in [0.05, 0.1) is 7.11 Å². The molecule has 6 heteroatoms. The molecule has 1 aliphatic heterocycles. The van der Waals surface area contributed by atoms with E-state index in [1.54, 1.807) is 0 Å². The zero-order valence-corrected chi connectivity index (χ0v) is 16.3. The molecule has 1 fully saturated rings. The molecule has 134 valence electrons. The van der Waals surface area contributed by atoms with Crippen molar-refractivity contribution in [2.45, 2.75) is 46.7 Å². The van der Waals surface area contributed by atoms with Crippen molar-refractivity contribution in [3.8, 4) is 0 Å². The summed E-state index contributed by atoms with van der Waals surface area (Å²) in [4.78, 5) is 30.3. The highest BCUT2D eigenvalue weighted by Crippen LogP contribution is 2.28. The molecule has 0 aromatic carbocycles. The number of piperazine rings is 1. The zero-order chi connectivity index (χ0) is 18.1. The molecule has 0 saturated carbocycles. The van der Waals surface area contributed by atoms with Crippen LogP contribution in [-0.4, -0.2) is 54.0 Å². The number of nitrogens with zero attached hydrogens (tertiary/aromatic N) is 2. The number of hydrogen-bond donors (Lipinski definition) is 0. The molecule has 1 aromatic rings. The molecule has 0 unspecified atom stereocenters. The van der Waals surface area contributed by atoms with Crippen LogP contribution in [0.25, 0.3) is 0 Å². The van der Waals surface area contributed by atoms with Crippen LogP contribution in [-0.2, 0) is 16.1 Å². The number of hydrogen-bond acceptors (Lipinski definition) is 5. The third-order valence-corrected chi connectivity index (χ3v) is 5.45. The van der Waals surface area contributed by atoms with Gasteiger partial charge in [-0.15, -0.1) is 11.3 Å². The van der Waals surface area contributed by atoms with Gasteiger partial charge in [-0.2, -0.15) is 0 Å². The van der Waals surface area contributed by atoms with E-state index >= 15 is 0 Å². The summed E-state index contributed by atoms with van der Waals surface area (Å²) < 4.78 is 4.77. The van der Waals surface area contributed by atoms with Crippen LogP contribution in [0.4, 0.5) is 0 Å². The SMILES string of the molecule is COC(=O)c1ccc(CN2CCN(C(=O)C(C)(C)C)CC2(C)C)s1. The second-order valence-corrected chi connectivity index (χ2v) is 9.14. The number of rotatable bonds is 3. The van der Waals surface area contributed by atoms with Crippen molar-refractivity contribution in [2.75, 3.05) is 26.7 Å². The Kier molecular flexibility index (Phi) is 5.40. The lowest BCUT2D eigenvalue weighted by Gasteiger charge is -2.48. The first kappa shape index (κ1) is 18.9. The maximum atomic E-state index is 12.5. The maximum absolute atomic E-state index is 12.5. The first-order chi connectivity index (χ1) is 11.0. The molecule has 1 aromatic heterocycles. The topological polar surface area (TPSA) is 49.9 Å². The summed E-state index contributed by atoms with van der Waals surface area (Å²) in [5.74, 6) is -0.0783. The Morgan fingerprint density at radius 2 is 1.92 bits per heavy atom. The van der Waals surface area contributed by atoms with Crippen molar-refractivity contribution in [3.63, 3.8) is 0 Å². The number of esters is 1. The van der Waals surface area contributed by atoms with Crippen LogP contribution in [0.5, 0.6) is 0 Å². The van der Waals surface area contributed by atoms with E-state index < -0.39 is 0 Å². The van der Waals surface area contributed by atoms with Gasteiger partial charge in [-0.05, 0) is 26.0 Å². The monoisotopic (exact) mass is 352 g/mol. The molecule has 0 spiro atoms. The van der Waals surface area contributed by atoms with E-state index in [1.165, 1.54) is 18.4 Å². The highest BCUT2D eigenvalue weighted by molar-refractivity contribution is 7.13. The zero-order valence-electron chi connectivity index (χ0n) is 15.5. The number of ether oxygens (including phenoxy) is 1. The van der Waals surface area contributed by atoms with Gasteiger partial charge >= 0.3 is 5.97 Å². The second-order valence-electron chi connectivity index (χ2n) is 7.97. The van der Waals surface area contributed by atoms with Gasteiger partial charge in [-0.25, -0.2) is 4.79 Å². The first-order valence-electron chi connectivity index (χ1n) is 8.26. The van der Waals surface area contributed by atoms with E-state index in [0.717, 1.165) is 31.1 Å². The average Bonchev–Trinajstić information content (AvgIpc) is 2.95. The van der Waals surface area contributed by atoms with Crippen molar-refractivity contribution in [3.05, 3.63) is 21.9 Å². The summed E-state index contributed by atoms with van der Waals surface area (Å²) in [7, 11) is 1.40. The number of carbonyl (C=O) groups excluding carboxylic acids is 2. The lowest BCUT2D eigenvalue weighted by atomic mass is 9.91. The van der Waals surface area contributed by atoms with Crippen molar-refractivity contribution in [2.24, 2.45) is 5.41 Å². The van der Waals surface area contributed by atoms with Crippen LogP contribution in [0.15, 0.2) is 12.1 Å². The largest absolute Gasteiger partial charge is 0.465 e. The normalized spacial score (nSPS) is 18.5. The third kappa shape index (κ3) is 4.16. The minimum absolute atomic E-state index is 0.103. The average molecular weight is 353 g/mol. The second kappa shape index (κ2) is 6.84. The highest BCUT2D eigenvalue weighted by atomic mass is 32.1. The molecule has 5 nitrogen and oxygen atoms in total. The number of amides is 1. The van der Waals surface area contributed by atoms with Gasteiger partial charge in [-0.1, -0.05) is 20.8 Å². The van der Waals surface area contributed by atoms with E-state index in [2.05, 4.69) is 18.7 Å². The molecule has 1 saturated heterocycles. The molecule has 0 aliphatic carbocycles. The standard InChI is InChI=1S/C18H28N2O3S/c1-17(2,3)16(22)19-9-10-20(18(4,5)12-19)11-13-7-8-14(24-13)15(21)23-6/h7-8H,9-12H2,1-6H3. The quantitative estimate of drug-likeness (QED) is 0.785. The lowest BCUT2D eigenvalue weighted by Crippen LogP contribution is -2.61. The molecule has 1 amide bonds. The van der Waals surface area contributed by atoms with Crippen LogP contribution in [0, 0.1) is 5.41 Å². The Morgan fingerprint density at radius 1 is 1.25 bits per heavy atom. The van der Waals surface area contributed by atoms with Gasteiger partial charge < -0.3 is 9.64 Å². The Morgan fingerprint density at radius 3 is 2.46 bits per heavy atom. The number of carbonyl (C=O) groups is 2. The Labute approximate surface area is 148 Å². The molecule has 2 heterocycles. The fourth-order valence-corrected chi connectivity index (χ4v) is 3.93. The van der Waals surface area contributed by atoms with E-state index in [4.69, 9.17) is 4.74 Å². The molecular weight excluding hydrogens is 324 g/mol. The van der Waals surface area contributed by atoms with Gasteiger partial charge in [0.25, 0.3) is 0 Å². The molecule has 0 radical (unpaired) electrons. The third-order valence-electron chi connectivity index (χ3n) is 4.40. The van der Waals surface area contributed by atoms with Crippen LogP contribution in [0.3, 0.4) is 0 Å². The van der Waals surface area contributed by atoms with E-state index in [-0.39, 0.29) is 22.8 Å². The van der Waals surface area contributed by atoms with Gasteiger partial charge in [0.2, 0.25) is 5.91 Å². The molecule has 0 atom stereocenters. The summed E-state index contributed by atoms with van der Waals surface area (Å²) in [5.41, 5.74) is -0.448. The lowest BCUT2D eigenvalue weighted by molar-refractivity contribution is -0.144. The van der Waals surface area contributed by atoms with E-state index in [9.17, 15) is 9.59 Å². The van der Waals surface area contributed by atoms with Gasteiger partial charge in [-0.3, -0.25) is 9.69 Å². The summed E-state index contributed by atoms with van der Waals surface area (Å²) in [6.07, 6.45) is 0. The summed E-state index contributed by atoms with van der Waals surface area (Å²) in [6, 6.07) is 3.80. The van der Waals surface area contributed by atoms with Gasteiger partial charge in [0, 0.05) is 42.0 Å². The van der Waals surface area contributed by atoms with Gasteiger partial charge in [0.15, 0.2) is 0 Å². The van der Waals surface area contributed by atoms with Crippen LogP contribution in [0.1, 0.15) is 49.2 Å². The minimum atomic E-state index is -0.346. The number of thiophene rings is 1. The number of methoxy groups -OCH3 is 1. The maximum Gasteiger partial charge on any atom is 0.348 e. The summed E-state index contributed by atoms with van der Waals surface area (Å²) >= 11 is 1.47. The molecule has 2 rings (SSSR count). The Balaban J connectivity index is 2.05. The summed E-state index contributed by atoms with van der Waals surface area (Å²) in [6.45, 7) is 13.3. The molecule has 0 N–H and O–H groups in total.